The van der Waals surface area contributed by atoms with Gasteiger partial charge in [-0.3, -0.25) is 47.9 Å². The van der Waals surface area contributed by atoms with Crippen molar-refractivity contribution in [2.45, 2.75) is 180 Å². The number of hydrogen-bond donors (Lipinski definition) is 15. The van der Waals surface area contributed by atoms with Crippen molar-refractivity contribution in [3.05, 3.63) is 0 Å². The van der Waals surface area contributed by atoms with Gasteiger partial charge in [0, 0.05) is 0 Å². The van der Waals surface area contributed by atoms with Gasteiger partial charge < -0.3 is 81.4 Å². The van der Waals surface area contributed by atoms with Gasteiger partial charge in [0.25, 0.3) is 0 Å². The molecule has 0 spiro atoms. The summed E-state index contributed by atoms with van der Waals surface area (Å²) in [6, 6.07) is -12.7. The number of carbonyl (C=O) groups is 11. The molecule has 0 saturated carbocycles. The Balaban J connectivity index is 6.49. The Hall–Kier alpha value is -5.99. The molecule has 20 N–H and O–H groups in total. The second kappa shape index (κ2) is 34.4. The molecule has 10 atom stereocenters. The van der Waals surface area contributed by atoms with Gasteiger partial charge in [0.1, 0.15) is 48.3 Å². The van der Waals surface area contributed by atoms with Crippen LogP contribution in [0.4, 0.5) is 0 Å². The van der Waals surface area contributed by atoms with Gasteiger partial charge in [-0.25, -0.2) is 4.79 Å². The Kier molecular flexibility index (Phi) is 31.5. The number of carbonyl (C=O) groups excluding carboxylic acids is 10. The van der Waals surface area contributed by atoms with E-state index in [1.165, 1.54) is 13.8 Å². The van der Waals surface area contributed by atoms with Crippen LogP contribution in [0.15, 0.2) is 0 Å². The van der Waals surface area contributed by atoms with Crippen molar-refractivity contribution >= 4 is 65.0 Å². The Morgan fingerprint density at radius 3 is 1.22 bits per heavy atom. The number of hydrogen-bond acceptors (Lipinski definition) is 15. The van der Waals surface area contributed by atoms with E-state index in [4.69, 9.17) is 28.7 Å². The van der Waals surface area contributed by atoms with Crippen LogP contribution in [0.25, 0.3) is 0 Å². The number of aliphatic hydroxyl groups is 1. The minimum absolute atomic E-state index is 0.0227. The van der Waals surface area contributed by atoms with E-state index >= 15 is 0 Å². The molecule has 0 heterocycles. The summed E-state index contributed by atoms with van der Waals surface area (Å²) in [6.07, 6.45) is 1.30. The number of carboxylic acids is 1. The van der Waals surface area contributed by atoms with E-state index in [0.717, 1.165) is 0 Å². The van der Waals surface area contributed by atoms with Crippen molar-refractivity contribution in [3.63, 3.8) is 0 Å². The van der Waals surface area contributed by atoms with Crippen LogP contribution in [-0.4, -0.2) is 149 Å². The van der Waals surface area contributed by atoms with Crippen molar-refractivity contribution in [1.29, 1.82) is 0 Å². The van der Waals surface area contributed by atoms with Gasteiger partial charge in [-0.2, -0.15) is 0 Å². The fraction of sp³-hybridized carbons (Fsp3) is 0.761. The SMILES string of the molecule is CC[C@H](C)[C@H](NC(=O)[C@@H](NC(=O)[C@H](CC(N)=O)NC(=O)[C@H](CC(N)=O)NC(=O)[C@H](CC(C)C)NC(=O)[C@H](CC(C)C)NC(=O)[C@@H](N)CCCCN)C(C)C)C(=O)N[C@@H](CO)C(=O)N[C@@H](CCCCN)C(=O)O. The van der Waals surface area contributed by atoms with Crippen LogP contribution in [0.1, 0.15) is 126 Å². The zero-order chi connectivity index (χ0) is 55.4. The molecule has 0 radical (unpaired) electrons. The highest BCUT2D eigenvalue weighted by atomic mass is 16.4. The first-order valence-corrected chi connectivity index (χ1v) is 24.6. The molecule has 0 rings (SSSR count). The summed E-state index contributed by atoms with van der Waals surface area (Å²) < 4.78 is 0. The van der Waals surface area contributed by atoms with Crippen molar-refractivity contribution in [2.24, 2.45) is 52.3 Å². The number of nitrogens with one attached hydrogen (secondary N) is 8. The number of nitrogens with two attached hydrogens (primary N) is 5. The van der Waals surface area contributed by atoms with E-state index in [1.807, 2.05) is 13.8 Å². The number of unbranched alkanes of at least 4 members (excludes halogenated alkanes) is 2. The number of primary amides is 2. The first-order chi connectivity index (χ1) is 33.6. The van der Waals surface area contributed by atoms with Crippen molar-refractivity contribution in [2.75, 3.05) is 19.7 Å². The maximum atomic E-state index is 13.9. The van der Waals surface area contributed by atoms with Crippen LogP contribution in [0, 0.1) is 23.7 Å². The van der Waals surface area contributed by atoms with Gasteiger partial charge >= 0.3 is 5.97 Å². The summed E-state index contributed by atoms with van der Waals surface area (Å²) in [6.45, 7) is 13.3. The van der Waals surface area contributed by atoms with E-state index in [0.29, 0.717) is 51.6 Å². The summed E-state index contributed by atoms with van der Waals surface area (Å²) in [4.78, 5) is 145. The van der Waals surface area contributed by atoms with Crippen LogP contribution in [-0.2, 0) is 52.7 Å². The highest BCUT2D eigenvalue weighted by Gasteiger charge is 2.37. The van der Waals surface area contributed by atoms with E-state index < -0.39 is 151 Å². The van der Waals surface area contributed by atoms with Crippen molar-refractivity contribution in [3.8, 4) is 0 Å². The Bertz CT molecular complexity index is 1820. The topological polar surface area (TPSA) is 455 Å². The molecule has 0 aromatic carbocycles. The van der Waals surface area contributed by atoms with Crippen molar-refractivity contribution in [1.82, 2.24) is 42.5 Å². The standard InChI is InChI=1S/C46H85N13O13/c1-9-26(8)37(45(70)57-33(22-60)43(68)52-28(46(71)72)15-11-13-17-48)59-44(69)36(25(6)7)58-42(67)32(21-35(51)62)56-41(66)31(20-34(50)61)55-40(65)30(19-24(4)5)54-39(64)29(18-23(2)3)53-38(63)27(49)14-10-12-16-47/h23-33,36-37,60H,9-22,47-49H2,1-8H3,(H2,50,61)(H2,51,62)(H,52,68)(H,53,63)(H,54,64)(H,55,65)(H,56,66)(H,57,70)(H,58,67)(H,59,69)(H,71,72)/t26-,27-,28-,29-,30-,31-,32-,33-,36-,37-/m0/s1. The predicted molar refractivity (Wildman–Crippen MR) is 265 cm³/mol. The maximum Gasteiger partial charge on any atom is 0.326 e. The Morgan fingerprint density at radius 2 is 0.819 bits per heavy atom. The monoisotopic (exact) mass is 1030 g/mol. The average molecular weight is 1030 g/mol. The minimum atomic E-state index is -1.81. The van der Waals surface area contributed by atoms with E-state index in [-0.39, 0.29) is 31.1 Å². The van der Waals surface area contributed by atoms with E-state index in [1.54, 1.807) is 27.7 Å². The highest BCUT2D eigenvalue weighted by Crippen LogP contribution is 2.14. The molecule has 0 aliphatic rings. The van der Waals surface area contributed by atoms with Crippen LogP contribution >= 0.6 is 0 Å². The summed E-state index contributed by atoms with van der Waals surface area (Å²) in [5, 5.41) is 39.2. The molecule has 0 fully saturated rings. The quantitative estimate of drug-likeness (QED) is 0.0264. The van der Waals surface area contributed by atoms with Crippen LogP contribution in [0.3, 0.4) is 0 Å². The number of aliphatic hydroxyl groups excluding tert-OH is 1. The van der Waals surface area contributed by atoms with Crippen LogP contribution in [0.2, 0.25) is 0 Å². The molecule has 26 heteroatoms. The third-order valence-corrected chi connectivity index (χ3v) is 11.5. The fourth-order valence-electron chi connectivity index (χ4n) is 7.17. The lowest BCUT2D eigenvalue weighted by molar-refractivity contribution is -0.143. The number of rotatable bonds is 37. The molecule has 72 heavy (non-hydrogen) atoms. The molecular weight excluding hydrogens is 943 g/mol. The molecule has 0 bridgehead atoms. The number of amides is 10. The second-order valence-electron chi connectivity index (χ2n) is 19.3. The lowest BCUT2D eigenvalue weighted by atomic mass is 9.96. The normalized spacial score (nSPS) is 15.5. The van der Waals surface area contributed by atoms with Gasteiger partial charge in [0.2, 0.25) is 59.1 Å². The number of carboxylic acid groups (broad SMARTS) is 1. The van der Waals surface area contributed by atoms with Gasteiger partial charge in [-0.1, -0.05) is 68.2 Å². The largest absolute Gasteiger partial charge is 0.480 e. The molecule has 0 aliphatic carbocycles. The molecule has 412 valence electrons. The van der Waals surface area contributed by atoms with Crippen LogP contribution in [0.5, 0.6) is 0 Å². The zero-order valence-corrected chi connectivity index (χ0v) is 43.2. The minimum Gasteiger partial charge on any atom is -0.480 e. The molecule has 26 nitrogen and oxygen atoms in total. The molecule has 0 saturated heterocycles. The van der Waals surface area contributed by atoms with Gasteiger partial charge in [-0.05, 0) is 81.7 Å². The molecule has 0 aliphatic heterocycles. The fourth-order valence-corrected chi connectivity index (χ4v) is 7.17. The Labute approximate surface area is 422 Å². The maximum absolute atomic E-state index is 13.9. The lowest BCUT2D eigenvalue weighted by Gasteiger charge is -2.30. The molecule has 0 aromatic heterocycles. The first-order valence-electron chi connectivity index (χ1n) is 24.6. The molecular formula is C46H85N13O13. The molecule has 0 unspecified atom stereocenters. The smallest absolute Gasteiger partial charge is 0.326 e. The molecule has 0 aromatic rings. The average Bonchev–Trinajstić information content (AvgIpc) is 3.28. The van der Waals surface area contributed by atoms with Gasteiger partial charge in [0.05, 0.1) is 25.5 Å². The van der Waals surface area contributed by atoms with Gasteiger partial charge in [-0.15, -0.1) is 0 Å². The summed E-state index contributed by atoms with van der Waals surface area (Å²) in [5.41, 5.74) is 28.0. The Morgan fingerprint density at radius 1 is 0.458 bits per heavy atom. The second-order valence-corrected chi connectivity index (χ2v) is 19.3. The predicted octanol–water partition coefficient (Wildman–Crippen LogP) is -3.93. The first kappa shape index (κ1) is 66.0. The molecule has 10 amide bonds. The van der Waals surface area contributed by atoms with Crippen molar-refractivity contribution < 1.29 is 63.0 Å². The zero-order valence-electron chi connectivity index (χ0n) is 43.2. The summed E-state index contributed by atoms with van der Waals surface area (Å²) >= 11 is 0. The van der Waals surface area contributed by atoms with E-state index in [9.17, 15) is 63.0 Å². The summed E-state index contributed by atoms with van der Waals surface area (Å²) in [5.74, 6) is -12.5. The van der Waals surface area contributed by atoms with Gasteiger partial charge in [0.15, 0.2) is 0 Å². The third-order valence-electron chi connectivity index (χ3n) is 11.5. The third kappa shape index (κ3) is 25.4. The van der Waals surface area contributed by atoms with E-state index in [2.05, 4.69) is 42.5 Å². The highest BCUT2D eigenvalue weighted by molar-refractivity contribution is 6.00. The number of aliphatic carboxylic acids is 1. The van der Waals surface area contributed by atoms with Crippen LogP contribution < -0.4 is 71.2 Å². The summed E-state index contributed by atoms with van der Waals surface area (Å²) in [7, 11) is 0. The lowest BCUT2D eigenvalue weighted by Crippen LogP contribution is -2.62.